The molecule has 2 aromatic rings. The number of benzene rings is 1. The van der Waals surface area contributed by atoms with Crippen molar-refractivity contribution in [2.75, 3.05) is 17.8 Å². The average molecular weight is 244 g/mol. The zero-order chi connectivity index (χ0) is 12.4. The van der Waals surface area contributed by atoms with E-state index in [1.807, 2.05) is 18.2 Å². The van der Waals surface area contributed by atoms with Gasteiger partial charge in [0, 0.05) is 12.1 Å². The van der Waals surface area contributed by atoms with Gasteiger partial charge in [-0.2, -0.15) is 0 Å². The monoisotopic (exact) mass is 244 g/mol. The largest absolute Gasteiger partial charge is 0.454 e. The van der Waals surface area contributed by atoms with Crippen LogP contribution in [0.5, 0.6) is 11.5 Å². The molecule has 0 radical (unpaired) electrons. The Morgan fingerprint density at radius 2 is 2.22 bits per heavy atom. The van der Waals surface area contributed by atoms with Gasteiger partial charge in [0.25, 0.3) is 0 Å². The van der Waals surface area contributed by atoms with Crippen molar-refractivity contribution >= 4 is 11.6 Å². The number of aromatic nitrogens is 2. The normalized spacial score (nSPS) is 12.4. The average Bonchev–Trinajstić information content (AvgIpc) is 2.85. The number of fused-ring (bicyclic) bond motifs is 1. The Balaban J connectivity index is 1.76. The van der Waals surface area contributed by atoms with Crippen LogP contribution in [0, 0.1) is 0 Å². The van der Waals surface area contributed by atoms with Crippen LogP contribution in [0.3, 0.4) is 0 Å². The fraction of sp³-hybridized carbons (Fsp3) is 0.167. The molecule has 0 unspecified atom stereocenters. The van der Waals surface area contributed by atoms with E-state index in [0.717, 1.165) is 17.1 Å². The van der Waals surface area contributed by atoms with Crippen molar-refractivity contribution in [3.8, 4) is 11.5 Å². The van der Waals surface area contributed by atoms with Crippen LogP contribution in [0.2, 0.25) is 0 Å². The van der Waals surface area contributed by atoms with Crippen LogP contribution in [0.1, 0.15) is 5.56 Å². The molecule has 3 N–H and O–H groups in total. The quantitative estimate of drug-likeness (QED) is 0.849. The van der Waals surface area contributed by atoms with E-state index in [-0.39, 0.29) is 6.79 Å². The molecule has 0 spiro atoms. The molecule has 0 fully saturated rings. The van der Waals surface area contributed by atoms with Gasteiger partial charge in [-0.05, 0) is 6.07 Å². The van der Waals surface area contributed by atoms with Gasteiger partial charge in [0.1, 0.15) is 11.6 Å². The first-order chi connectivity index (χ1) is 8.83. The van der Waals surface area contributed by atoms with Crippen molar-refractivity contribution in [3.05, 3.63) is 36.2 Å². The lowest BCUT2D eigenvalue weighted by Gasteiger charge is -2.08. The SMILES string of the molecule is Nc1cncc(NCc2cccc3c2OCO3)n1. The molecule has 6 nitrogen and oxygen atoms in total. The van der Waals surface area contributed by atoms with Crippen LogP contribution < -0.4 is 20.5 Å². The molecule has 92 valence electrons. The Morgan fingerprint density at radius 3 is 3.11 bits per heavy atom. The van der Waals surface area contributed by atoms with Gasteiger partial charge >= 0.3 is 0 Å². The molecule has 1 aliphatic rings. The lowest BCUT2D eigenvalue weighted by molar-refractivity contribution is 0.173. The van der Waals surface area contributed by atoms with Crippen LogP contribution in [0.25, 0.3) is 0 Å². The maximum absolute atomic E-state index is 5.56. The van der Waals surface area contributed by atoms with Crippen molar-refractivity contribution in [2.24, 2.45) is 0 Å². The Hall–Kier alpha value is -2.50. The summed E-state index contributed by atoms with van der Waals surface area (Å²) < 4.78 is 10.7. The summed E-state index contributed by atoms with van der Waals surface area (Å²) in [6.07, 6.45) is 3.12. The van der Waals surface area contributed by atoms with Gasteiger partial charge in [-0.1, -0.05) is 12.1 Å². The molecule has 1 aromatic carbocycles. The fourth-order valence-corrected chi connectivity index (χ4v) is 1.78. The molecule has 0 atom stereocenters. The van der Waals surface area contributed by atoms with Gasteiger partial charge < -0.3 is 20.5 Å². The molecule has 1 aliphatic heterocycles. The number of hydrogen-bond donors (Lipinski definition) is 2. The minimum Gasteiger partial charge on any atom is -0.454 e. The Bertz CT molecular complexity index is 574. The minimum absolute atomic E-state index is 0.268. The summed E-state index contributed by atoms with van der Waals surface area (Å²) in [6.45, 7) is 0.842. The van der Waals surface area contributed by atoms with Crippen LogP contribution >= 0.6 is 0 Å². The van der Waals surface area contributed by atoms with Crippen molar-refractivity contribution in [1.82, 2.24) is 9.97 Å². The summed E-state index contributed by atoms with van der Waals surface area (Å²) in [7, 11) is 0. The molecule has 3 rings (SSSR count). The molecule has 0 saturated heterocycles. The summed E-state index contributed by atoms with van der Waals surface area (Å²) in [5, 5.41) is 3.14. The van der Waals surface area contributed by atoms with Gasteiger partial charge in [-0.15, -0.1) is 0 Å². The van der Waals surface area contributed by atoms with E-state index in [4.69, 9.17) is 15.2 Å². The third kappa shape index (κ3) is 2.00. The summed E-state index contributed by atoms with van der Waals surface area (Å²) in [6, 6.07) is 5.78. The molecular formula is C12H12N4O2. The molecule has 0 saturated carbocycles. The van der Waals surface area contributed by atoms with Crippen LogP contribution in [0.4, 0.5) is 11.6 Å². The van der Waals surface area contributed by atoms with E-state index in [0.29, 0.717) is 18.2 Å². The van der Waals surface area contributed by atoms with E-state index < -0.39 is 0 Å². The highest BCUT2D eigenvalue weighted by Gasteiger charge is 2.16. The van der Waals surface area contributed by atoms with E-state index in [1.165, 1.54) is 6.20 Å². The highest BCUT2D eigenvalue weighted by atomic mass is 16.7. The van der Waals surface area contributed by atoms with E-state index in [2.05, 4.69) is 15.3 Å². The lowest BCUT2D eigenvalue weighted by Crippen LogP contribution is -2.04. The van der Waals surface area contributed by atoms with Crippen molar-refractivity contribution < 1.29 is 9.47 Å². The second kappa shape index (κ2) is 4.40. The molecule has 6 heteroatoms. The van der Waals surface area contributed by atoms with Crippen molar-refractivity contribution in [1.29, 1.82) is 0 Å². The zero-order valence-corrected chi connectivity index (χ0v) is 9.59. The Kier molecular flexibility index (Phi) is 2.60. The molecule has 0 bridgehead atoms. The Labute approximate surface area is 104 Å². The fourth-order valence-electron chi connectivity index (χ4n) is 1.78. The number of nitrogens with zero attached hydrogens (tertiary/aromatic N) is 2. The number of nitrogens with two attached hydrogens (primary N) is 1. The highest BCUT2D eigenvalue weighted by Crippen LogP contribution is 2.35. The predicted octanol–water partition coefficient (Wildman–Crippen LogP) is 1.40. The van der Waals surface area contributed by atoms with Crippen LogP contribution in [-0.4, -0.2) is 16.8 Å². The van der Waals surface area contributed by atoms with E-state index in [1.54, 1.807) is 6.20 Å². The maximum Gasteiger partial charge on any atom is 0.231 e. The molecule has 2 heterocycles. The smallest absolute Gasteiger partial charge is 0.231 e. The number of nitrogens with one attached hydrogen (secondary N) is 1. The molecule has 0 amide bonds. The first-order valence-corrected chi connectivity index (χ1v) is 5.52. The Morgan fingerprint density at radius 1 is 1.28 bits per heavy atom. The van der Waals surface area contributed by atoms with E-state index >= 15 is 0 Å². The zero-order valence-electron chi connectivity index (χ0n) is 9.59. The minimum atomic E-state index is 0.268. The first kappa shape index (κ1) is 10.6. The number of ether oxygens (including phenoxy) is 2. The standard InChI is InChI=1S/C12H12N4O2/c13-10-5-14-6-11(16-10)15-4-8-2-1-3-9-12(8)18-7-17-9/h1-3,5-6H,4,7H2,(H3,13,15,16). The summed E-state index contributed by atoms with van der Waals surface area (Å²) >= 11 is 0. The van der Waals surface area contributed by atoms with Gasteiger partial charge in [0.15, 0.2) is 11.5 Å². The molecular weight excluding hydrogens is 232 g/mol. The van der Waals surface area contributed by atoms with Crippen LogP contribution in [0.15, 0.2) is 30.6 Å². The van der Waals surface area contributed by atoms with Gasteiger partial charge in [-0.25, -0.2) is 4.98 Å². The topological polar surface area (TPSA) is 82.3 Å². The number of nitrogen functional groups attached to an aromatic ring is 1. The first-order valence-electron chi connectivity index (χ1n) is 5.52. The van der Waals surface area contributed by atoms with Crippen molar-refractivity contribution in [2.45, 2.75) is 6.54 Å². The molecule has 1 aromatic heterocycles. The summed E-state index contributed by atoms with van der Waals surface area (Å²) in [5.41, 5.74) is 6.57. The number of para-hydroxylation sites is 1. The van der Waals surface area contributed by atoms with Gasteiger partial charge in [0.05, 0.1) is 12.4 Å². The number of hydrogen-bond acceptors (Lipinski definition) is 6. The van der Waals surface area contributed by atoms with Gasteiger partial charge in [0.2, 0.25) is 6.79 Å². The van der Waals surface area contributed by atoms with E-state index in [9.17, 15) is 0 Å². The summed E-state index contributed by atoms with van der Waals surface area (Å²) in [4.78, 5) is 8.08. The molecule has 18 heavy (non-hydrogen) atoms. The third-order valence-electron chi connectivity index (χ3n) is 2.59. The van der Waals surface area contributed by atoms with Crippen LogP contribution in [-0.2, 0) is 6.54 Å². The van der Waals surface area contributed by atoms with Gasteiger partial charge in [-0.3, -0.25) is 4.98 Å². The third-order valence-corrected chi connectivity index (χ3v) is 2.59. The highest BCUT2D eigenvalue weighted by molar-refractivity contribution is 5.50. The maximum atomic E-state index is 5.56. The number of anilines is 2. The lowest BCUT2D eigenvalue weighted by atomic mass is 10.2. The number of rotatable bonds is 3. The van der Waals surface area contributed by atoms with Crippen molar-refractivity contribution in [3.63, 3.8) is 0 Å². The second-order valence-corrected chi connectivity index (χ2v) is 3.83. The summed E-state index contributed by atoms with van der Waals surface area (Å²) in [5.74, 6) is 2.57. The second-order valence-electron chi connectivity index (χ2n) is 3.83. The predicted molar refractivity (Wildman–Crippen MR) is 66.3 cm³/mol. The molecule has 0 aliphatic carbocycles.